The molecule has 0 spiro atoms. The van der Waals surface area contributed by atoms with Gasteiger partial charge in [-0.05, 0) is 55.9 Å². The first-order valence-electron chi connectivity index (χ1n) is 9.17. The maximum absolute atomic E-state index is 12.3. The van der Waals surface area contributed by atoms with Gasteiger partial charge in [-0.3, -0.25) is 9.69 Å². The highest BCUT2D eigenvalue weighted by Crippen LogP contribution is 2.29. The molecule has 1 aliphatic rings. The number of halogens is 1. The highest BCUT2D eigenvalue weighted by Gasteiger charge is 2.25. The van der Waals surface area contributed by atoms with E-state index in [1.807, 2.05) is 24.3 Å². The van der Waals surface area contributed by atoms with Gasteiger partial charge in [0.1, 0.15) is 0 Å². The van der Waals surface area contributed by atoms with Crippen molar-refractivity contribution >= 4 is 28.8 Å². The summed E-state index contributed by atoms with van der Waals surface area (Å²) in [7, 11) is 0. The van der Waals surface area contributed by atoms with Gasteiger partial charge in [-0.15, -0.1) is 11.3 Å². The molecule has 0 aliphatic carbocycles. The first-order chi connectivity index (χ1) is 12.6. The Morgan fingerprint density at radius 3 is 2.69 bits per heavy atom. The fraction of sp³-hybridized carbons (Fsp3) is 0.450. The molecule has 0 bridgehead atoms. The minimum Gasteiger partial charge on any atom is -0.353 e. The zero-order valence-electron chi connectivity index (χ0n) is 15.1. The van der Waals surface area contributed by atoms with Crippen molar-refractivity contribution in [2.45, 2.75) is 31.8 Å². The van der Waals surface area contributed by atoms with Gasteiger partial charge in [-0.1, -0.05) is 35.9 Å². The number of thiophene rings is 1. The average Bonchev–Trinajstić information content (AvgIpc) is 3.35. The molecular weight excluding hydrogens is 366 g/mol. The van der Waals surface area contributed by atoms with Gasteiger partial charge in [0.05, 0.1) is 12.6 Å². The lowest BCUT2D eigenvalue weighted by molar-refractivity contribution is -0.120. The van der Waals surface area contributed by atoms with E-state index in [9.17, 15) is 4.79 Å². The van der Waals surface area contributed by atoms with Crippen LogP contribution in [0.15, 0.2) is 41.8 Å². The topological polar surface area (TPSA) is 44.4 Å². The van der Waals surface area contributed by atoms with Crippen LogP contribution in [0, 0.1) is 0 Å². The molecule has 1 saturated heterocycles. The molecule has 2 unspecified atom stereocenters. The molecule has 2 heterocycles. The van der Waals surface area contributed by atoms with Gasteiger partial charge in [-0.25, -0.2) is 0 Å². The SMILES string of the molecule is CC(NCC(=O)NCC(c1ccccc1Cl)N1CCCC1)c1cccs1. The van der Waals surface area contributed by atoms with E-state index in [-0.39, 0.29) is 18.0 Å². The Balaban J connectivity index is 1.55. The van der Waals surface area contributed by atoms with E-state index in [1.165, 1.54) is 17.7 Å². The van der Waals surface area contributed by atoms with E-state index in [1.54, 1.807) is 11.3 Å². The third-order valence-corrected chi connectivity index (χ3v) is 6.28. The predicted octanol–water partition coefficient (Wildman–Crippen LogP) is 4.01. The van der Waals surface area contributed by atoms with Crippen molar-refractivity contribution in [2.75, 3.05) is 26.2 Å². The van der Waals surface area contributed by atoms with Crippen LogP contribution in [0.25, 0.3) is 0 Å². The number of rotatable bonds is 8. The first-order valence-corrected chi connectivity index (χ1v) is 10.4. The summed E-state index contributed by atoms with van der Waals surface area (Å²) in [6.07, 6.45) is 2.41. The molecule has 1 amide bonds. The molecule has 1 aliphatic heterocycles. The van der Waals surface area contributed by atoms with Crippen LogP contribution in [0.2, 0.25) is 5.02 Å². The van der Waals surface area contributed by atoms with Crippen molar-refractivity contribution in [3.05, 3.63) is 57.2 Å². The minimum absolute atomic E-state index is 0.0182. The van der Waals surface area contributed by atoms with Gasteiger partial charge in [-0.2, -0.15) is 0 Å². The normalized spacial score (nSPS) is 17.2. The molecular formula is C20H26ClN3OS. The van der Waals surface area contributed by atoms with Crippen LogP contribution in [0.1, 0.15) is 42.3 Å². The van der Waals surface area contributed by atoms with Crippen molar-refractivity contribution in [1.29, 1.82) is 0 Å². The minimum atomic E-state index is 0.0182. The average molecular weight is 392 g/mol. The molecule has 140 valence electrons. The number of hydrogen-bond acceptors (Lipinski definition) is 4. The molecule has 1 fully saturated rings. The largest absolute Gasteiger partial charge is 0.353 e. The van der Waals surface area contributed by atoms with Crippen molar-refractivity contribution in [1.82, 2.24) is 15.5 Å². The summed E-state index contributed by atoms with van der Waals surface area (Å²) in [6, 6.07) is 12.4. The van der Waals surface area contributed by atoms with E-state index in [4.69, 9.17) is 11.6 Å². The second-order valence-corrected chi connectivity index (χ2v) is 8.09. The third-order valence-electron chi connectivity index (χ3n) is 4.88. The molecule has 6 heteroatoms. The molecule has 1 aromatic carbocycles. The van der Waals surface area contributed by atoms with Crippen LogP contribution in [0.4, 0.5) is 0 Å². The maximum Gasteiger partial charge on any atom is 0.234 e. The number of carbonyl (C=O) groups excluding carboxylic acids is 1. The second-order valence-electron chi connectivity index (χ2n) is 6.70. The van der Waals surface area contributed by atoms with Gasteiger partial charge in [0.15, 0.2) is 0 Å². The Morgan fingerprint density at radius 1 is 1.23 bits per heavy atom. The van der Waals surface area contributed by atoms with Crippen LogP contribution in [0.5, 0.6) is 0 Å². The Bertz CT molecular complexity index is 701. The van der Waals surface area contributed by atoms with Crippen LogP contribution < -0.4 is 10.6 Å². The van der Waals surface area contributed by atoms with E-state index in [2.05, 4.69) is 40.0 Å². The van der Waals surface area contributed by atoms with Crippen molar-refractivity contribution in [3.8, 4) is 0 Å². The van der Waals surface area contributed by atoms with E-state index in [0.29, 0.717) is 13.1 Å². The summed E-state index contributed by atoms with van der Waals surface area (Å²) in [4.78, 5) is 16.0. The summed E-state index contributed by atoms with van der Waals surface area (Å²) < 4.78 is 0. The number of nitrogens with one attached hydrogen (secondary N) is 2. The van der Waals surface area contributed by atoms with Crippen LogP contribution in [-0.2, 0) is 4.79 Å². The highest BCUT2D eigenvalue weighted by molar-refractivity contribution is 7.10. The number of amides is 1. The number of nitrogens with zero attached hydrogens (tertiary/aromatic N) is 1. The van der Waals surface area contributed by atoms with E-state index >= 15 is 0 Å². The lowest BCUT2D eigenvalue weighted by Crippen LogP contribution is -2.40. The summed E-state index contributed by atoms with van der Waals surface area (Å²) in [5.74, 6) is 0.0182. The van der Waals surface area contributed by atoms with Gasteiger partial charge >= 0.3 is 0 Å². The number of hydrogen-bond donors (Lipinski definition) is 2. The molecule has 2 aromatic rings. The maximum atomic E-state index is 12.3. The van der Waals surface area contributed by atoms with Gasteiger partial charge in [0, 0.05) is 22.5 Å². The highest BCUT2D eigenvalue weighted by atomic mass is 35.5. The standard InChI is InChI=1S/C20H26ClN3OS/c1-15(19-9-6-12-26-19)22-14-20(25)23-13-18(24-10-4-5-11-24)16-7-2-3-8-17(16)21/h2-3,6-9,12,15,18,22H,4-5,10-11,13-14H2,1H3,(H,23,25). The van der Waals surface area contributed by atoms with E-state index < -0.39 is 0 Å². The molecule has 3 rings (SSSR count). The van der Waals surface area contributed by atoms with Crippen LogP contribution >= 0.6 is 22.9 Å². The van der Waals surface area contributed by atoms with E-state index in [0.717, 1.165) is 23.7 Å². The summed E-state index contributed by atoms with van der Waals surface area (Å²) in [6.45, 7) is 5.08. The Labute approximate surface area is 164 Å². The first kappa shape index (κ1) is 19.4. The number of benzene rings is 1. The molecule has 0 radical (unpaired) electrons. The Hall–Kier alpha value is -1.40. The predicted molar refractivity (Wildman–Crippen MR) is 109 cm³/mol. The van der Waals surface area contributed by atoms with Gasteiger partial charge < -0.3 is 10.6 Å². The third kappa shape index (κ3) is 5.07. The van der Waals surface area contributed by atoms with Crippen molar-refractivity contribution in [2.24, 2.45) is 0 Å². The second kappa shape index (κ2) is 9.51. The molecule has 4 nitrogen and oxygen atoms in total. The molecule has 0 saturated carbocycles. The van der Waals surface area contributed by atoms with Crippen LogP contribution in [-0.4, -0.2) is 37.0 Å². The van der Waals surface area contributed by atoms with Gasteiger partial charge in [0.25, 0.3) is 0 Å². The lowest BCUT2D eigenvalue weighted by Gasteiger charge is -2.29. The Morgan fingerprint density at radius 2 is 2.00 bits per heavy atom. The summed E-state index contributed by atoms with van der Waals surface area (Å²) in [5, 5.41) is 9.20. The van der Waals surface area contributed by atoms with Crippen LogP contribution in [0.3, 0.4) is 0 Å². The van der Waals surface area contributed by atoms with Crippen molar-refractivity contribution < 1.29 is 4.79 Å². The summed E-state index contributed by atoms with van der Waals surface area (Å²) >= 11 is 8.12. The quantitative estimate of drug-likeness (QED) is 0.714. The van der Waals surface area contributed by atoms with Crippen molar-refractivity contribution in [3.63, 3.8) is 0 Å². The fourth-order valence-electron chi connectivity index (χ4n) is 3.39. The van der Waals surface area contributed by atoms with Gasteiger partial charge in [0.2, 0.25) is 5.91 Å². The Kier molecular flexibility index (Phi) is 7.08. The molecule has 2 atom stereocenters. The zero-order chi connectivity index (χ0) is 18.4. The number of carbonyl (C=O) groups is 1. The monoisotopic (exact) mass is 391 g/mol. The molecule has 2 N–H and O–H groups in total. The molecule has 26 heavy (non-hydrogen) atoms. The zero-order valence-corrected chi connectivity index (χ0v) is 16.7. The smallest absolute Gasteiger partial charge is 0.234 e. The summed E-state index contributed by atoms with van der Waals surface area (Å²) in [5.41, 5.74) is 1.09. The lowest BCUT2D eigenvalue weighted by atomic mass is 10.1. The number of likely N-dealkylation sites (tertiary alicyclic amines) is 1. The fourth-order valence-corrected chi connectivity index (χ4v) is 4.41. The molecule has 1 aromatic heterocycles.